The highest BCUT2D eigenvalue weighted by Crippen LogP contribution is 2.17. The molecule has 3 heteroatoms. The van der Waals surface area contributed by atoms with Gasteiger partial charge < -0.3 is 4.74 Å². The van der Waals surface area contributed by atoms with Crippen molar-refractivity contribution in [1.29, 1.82) is 0 Å². The number of hydrogen-bond acceptors (Lipinski definition) is 3. The Kier molecular flexibility index (Phi) is 6.29. The summed E-state index contributed by atoms with van der Waals surface area (Å²) in [7, 11) is 1.75. The normalized spacial score (nSPS) is 14.5. The number of nitrogens with one attached hydrogen (secondary N) is 1. The van der Waals surface area contributed by atoms with E-state index in [4.69, 9.17) is 10.6 Å². The minimum atomic E-state index is -0.0250. The van der Waals surface area contributed by atoms with E-state index in [2.05, 4.69) is 26.2 Å². The van der Waals surface area contributed by atoms with Gasteiger partial charge in [-0.05, 0) is 33.1 Å². The summed E-state index contributed by atoms with van der Waals surface area (Å²) in [5.41, 5.74) is 2.82. The summed E-state index contributed by atoms with van der Waals surface area (Å²) in [5, 5.41) is 0. The first-order valence-corrected chi connectivity index (χ1v) is 5.07. The Balaban J connectivity index is 3.70. The first-order valence-electron chi connectivity index (χ1n) is 5.07. The van der Waals surface area contributed by atoms with Crippen LogP contribution in [0.15, 0.2) is 0 Å². The maximum absolute atomic E-state index is 5.44. The van der Waals surface area contributed by atoms with E-state index >= 15 is 0 Å². The molecule has 0 aliphatic heterocycles. The lowest BCUT2D eigenvalue weighted by atomic mass is 9.97. The molecule has 0 bridgehead atoms. The van der Waals surface area contributed by atoms with E-state index in [1.54, 1.807) is 7.11 Å². The van der Waals surface area contributed by atoms with Crippen LogP contribution in [0.2, 0.25) is 0 Å². The molecule has 0 aromatic rings. The number of nitrogens with two attached hydrogens (primary N) is 1. The molecule has 0 aromatic carbocycles. The van der Waals surface area contributed by atoms with Gasteiger partial charge in [0.1, 0.15) is 0 Å². The molecule has 0 radical (unpaired) electrons. The second-order valence-corrected chi connectivity index (χ2v) is 4.15. The Labute approximate surface area is 82.0 Å². The number of methoxy groups -OCH3 is 1. The van der Waals surface area contributed by atoms with Crippen LogP contribution >= 0.6 is 0 Å². The molecule has 3 N–H and O–H groups in total. The fourth-order valence-corrected chi connectivity index (χ4v) is 1.28. The van der Waals surface area contributed by atoms with Gasteiger partial charge >= 0.3 is 0 Å². The predicted molar refractivity (Wildman–Crippen MR) is 56.3 cm³/mol. The molecule has 1 atom stereocenters. The van der Waals surface area contributed by atoms with E-state index in [1.165, 1.54) is 6.42 Å². The molecule has 0 aliphatic rings. The van der Waals surface area contributed by atoms with Crippen molar-refractivity contribution in [2.45, 2.75) is 58.1 Å². The molecule has 3 nitrogen and oxygen atoms in total. The molecule has 0 aromatic heterocycles. The van der Waals surface area contributed by atoms with Crippen molar-refractivity contribution < 1.29 is 4.74 Å². The number of hydrazine groups is 1. The number of ether oxygens (including phenoxy) is 1. The fourth-order valence-electron chi connectivity index (χ4n) is 1.28. The van der Waals surface area contributed by atoms with Gasteiger partial charge in [0.15, 0.2) is 0 Å². The summed E-state index contributed by atoms with van der Waals surface area (Å²) in [6.07, 6.45) is 4.42. The lowest BCUT2D eigenvalue weighted by Crippen LogP contribution is -2.37. The van der Waals surface area contributed by atoms with Gasteiger partial charge in [-0.25, -0.2) is 0 Å². The summed E-state index contributed by atoms with van der Waals surface area (Å²) in [5.74, 6) is 5.44. The van der Waals surface area contributed by atoms with Crippen molar-refractivity contribution in [1.82, 2.24) is 5.43 Å². The molecule has 1 unspecified atom stereocenters. The van der Waals surface area contributed by atoms with E-state index in [0.717, 1.165) is 19.3 Å². The third-order valence-corrected chi connectivity index (χ3v) is 2.52. The van der Waals surface area contributed by atoms with E-state index in [-0.39, 0.29) is 5.60 Å². The summed E-state index contributed by atoms with van der Waals surface area (Å²) < 4.78 is 5.34. The Morgan fingerprint density at radius 1 is 1.38 bits per heavy atom. The standard InChI is InChI=1S/C10H24N2O/c1-5-6-9(12-11)7-8-10(2,3)13-4/h9,12H,5-8,11H2,1-4H3. The highest BCUT2D eigenvalue weighted by Gasteiger charge is 2.18. The zero-order chi connectivity index (χ0) is 10.3. The molecule has 0 heterocycles. The van der Waals surface area contributed by atoms with Gasteiger partial charge in [-0.2, -0.15) is 0 Å². The van der Waals surface area contributed by atoms with Gasteiger partial charge in [0.25, 0.3) is 0 Å². The average Bonchev–Trinajstić information content (AvgIpc) is 2.12. The van der Waals surface area contributed by atoms with E-state index in [9.17, 15) is 0 Å². The van der Waals surface area contributed by atoms with Crippen LogP contribution in [0, 0.1) is 0 Å². The second-order valence-electron chi connectivity index (χ2n) is 4.15. The first kappa shape index (κ1) is 12.9. The van der Waals surface area contributed by atoms with Gasteiger partial charge in [0, 0.05) is 13.2 Å². The van der Waals surface area contributed by atoms with Crippen LogP contribution in [0.25, 0.3) is 0 Å². The minimum absolute atomic E-state index is 0.0250. The smallest absolute Gasteiger partial charge is 0.0623 e. The molecule has 0 fully saturated rings. The van der Waals surface area contributed by atoms with Gasteiger partial charge in [-0.3, -0.25) is 11.3 Å². The maximum Gasteiger partial charge on any atom is 0.0623 e. The molecule has 80 valence electrons. The fraction of sp³-hybridized carbons (Fsp3) is 1.00. The topological polar surface area (TPSA) is 47.3 Å². The van der Waals surface area contributed by atoms with E-state index < -0.39 is 0 Å². The summed E-state index contributed by atoms with van der Waals surface area (Å²) in [4.78, 5) is 0. The number of rotatable bonds is 7. The highest BCUT2D eigenvalue weighted by atomic mass is 16.5. The quantitative estimate of drug-likeness (QED) is 0.473. The van der Waals surface area contributed by atoms with Gasteiger partial charge in [-0.1, -0.05) is 13.3 Å². The van der Waals surface area contributed by atoms with Crippen LogP contribution in [-0.4, -0.2) is 18.8 Å². The van der Waals surface area contributed by atoms with Crippen molar-refractivity contribution in [3.63, 3.8) is 0 Å². The summed E-state index contributed by atoms with van der Waals surface area (Å²) >= 11 is 0. The third-order valence-electron chi connectivity index (χ3n) is 2.52. The summed E-state index contributed by atoms with van der Waals surface area (Å²) in [6.45, 7) is 6.38. The van der Waals surface area contributed by atoms with E-state index in [0.29, 0.717) is 6.04 Å². The van der Waals surface area contributed by atoms with Crippen molar-refractivity contribution in [3.05, 3.63) is 0 Å². The lowest BCUT2D eigenvalue weighted by Gasteiger charge is -2.25. The van der Waals surface area contributed by atoms with Gasteiger partial charge in [0.05, 0.1) is 5.60 Å². The Morgan fingerprint density at radius 2 is 2.00 bits per heavy atom. The molecule has 0 saturated heterocycles. The van der Waals surface area contributed by atoms with Crippen LogP contribution in [0.1, 0.15) is 46.5 Å². The van der Waals surface area contributed by atoms with Gasteiger partial charge in [-0.15, -0.1) is 0 Å². The van der Waals surface area contributed by atoms with Crippen molar-refractivity contribution in [2.24, 2.45) is 5.84 Å². The largest absolute Gasteiger partial charge is 0.379 e. The Hall–Kier alpha value is -0.120. The van der Waals surface area contributed by atoms with E-state index in [1.807, 2.05) is 0 Å². The molecule has 0 rings (SSSR count). The predicted octanol–water partition coefficient (Wildman–Crippen LogP) is 1.82. The van der Waals surface area contributed by atoms with Crippen LogP contribution in [0.5, 0.6) is 0 Å². The lowest BCUT2D eigenvalue weighted by molar-refractivity contribution is 0.0115. The second kappa shape index (κ2) is 6.35. The zero-order valence-electron chi connectivity index (χ0n) is 9.39. The molecule has 13 heavy (non-hydrogen) atoms. The van der Waals surface area contributed by atoms with Crippen molar-refractivity contribution in [3.8, 4) is 0 Å². The Bertz CT molecular complexity index is 126. The molecular weight excluding hydrogens is 164 g/mol. The minimum Gasteiger partial charge on any atom is -0.379 e. The molecule has 0 amide bonds. The van der Waals surface area contributed by atoms with Crippen molar-refractivity contribution >= 4 is 0 Å². The van der Waals surface area contributed by atoms with Crippen LogP contribution in [0.3, 0.4) is 0 Å². The summed E-state index contributed by atoms with van der Waals surface area (Å²) in [6, 6.07) is 0.430. The van der Waals surface area contributed by atoms with Gasteiger partial charge in [0.2, 0.25) is 0 Å². The SMILES string of the molecule is CCCC(CCC(C)(C)OC)NN. The third kappa shape index (κ3) is 6.02. The van der Waals surface area contributed by atoms with Crippen molar-refractivity contribution in [2.75, 3.05) is 7.11 Å². The number of hydrogen-bond donors (Lipinski definition) is 2. The molecule has 0 saturated carbocycles. The monoisotopic (exact) mass is 188 g/mol. The molecule has 0 spiro atoms. The maximum atomic E-state index is 5.44. The Morgan fingerprint density at radius 3 is 2.38 bits per heavy atom. The van der Waals surface area contributed by atoms with Crippen LogP contribution in [0.4, 0.5) is 0 Å². The highest BCUT2D eigenvalue weighted by molar-refractivity contribution is 4.72. The molecular formula is C10H24N2O. The molecule has 0 aliphatic carbocycles. The zero-order valence-corrected chi connectivity index (χ0v) is 9.39. The average molecular weight is 188 g/mol. The first-order chi connectivity index (χ1) is 6.05. The van der Waals surface area contributed by atoms with Crippen LogP contribution < -0.4 is 11.3 Å². The van der Waals surface area contributed by atoms with Crippen LogP contribution in [-0.2, 0) is 4.74 Å².